The van der Waals surface area contributed by atoms with Crippen molar-refractivity contribution in [2.75, 3.05) is 19.8 Å². The molecule has 1 N–H and O–H groups in total. The number of aliphatic hydroxyl groups is 1. The standard InChI is InChI=1S/C13H17FO3/c1-9(14)11-8-13-12(16-5-6-17-13)7-10(11)3-2-4-15/h7-9,15H,2-6H2,1H3. The lowest BCUT2D eigenvalue weighted by Crippen LogP contribution is -2.16. The van der Waals surface area contributed by atoms with Crippen LogP contribution in [0.3, 0.4) is 0 Å². The average molecular weight is 240 g/mol. The van der Waals surface area contributed by atoms with Gasteiger partial charge in [0.05, 0.1) is 0 Å². The lowest BCUT2D eigenvalue weighted by atomic mass is 9.99. The van der Waals surface area contributed by atoms with E-state index in [1.165, 1.54) is 6.92 Å². The van der Waals surface area contributed by atoms with Crippen LogP contribution in [-0.4, -0.2) is 24.9 Å². The Labute approximate surface area is 100 Å². The lowest BCUT2D eigenvalue weighted by molar-refractivity contribution is 0.170. The van der Waals surface area contributed by atoms with E-state index in [1.54, 1.807) is 6.07 Å². The molecule has 0 aliphatic carbocycles. The Balaban J connectivity index is 2.33. The van der Waals surface area contributed by atoms with E-state index in [0.717, 1.165) is 5.56 Å². The molecule has 3 nitrogen and oxygen atoms in total. The maximum Gasteiger partial charge on any atom is 0.161 e. The number of fused-ring (bicyclic) bond motifs is 1. The van der Waals surface area contributed by atoms with Crippen LogP contribution in [0.15, 0.2) is 12.1 Å². The molecule has 1 aliphatic heterocycles. The van der Waals surface area contributed by atoms with E-state index in [4.69, 9.17) is 14.6 Å². The highest BCUT2D eigenvalue weighted by atomic mass is 19.1. The summed E-state index contributed by atoms with van der Waals surface area (Å²) in [5, 5.41) is 8.85. The summed E-state index contributed by atoms with van der Waals surface area (Å²) in [6.07, 6.45) is 0.232. The van der Waals surface area contributed by atoms with Crippen molar-refractivity contribution in [3.05, 3.63) is 23.3 Å². The fourth-order valence-electron chi connectivity index (χ4n) is 2.00. The van der Waals surface area contributed by atoms with E-state index in [1.807, 2.05) is 6.07 Å². The van der Waals surface area contributed by atoms with Gasteiger partial charge < -0.3 is 14.6 Å². The van der Waals surface area contributed by atoms with E-state index in [9.17, 15) is 4.39 Å². The van der Waals surface area contributed by atoms with Gasteiger partial charge in [0.25, 0.3) is 0 Å². The summed E-state index contributed by atoms with van der Waals surface area (Å²) in [7, 11) is 0. The highest BCUT2D eigenvalue weighted by Crippen LogP contribution is 2.36. The van der Waals surface area contributed by atoms with Crippen LogP contribution in [0.5, 0.6) is 11.5 Å². The fourth-order valence-corrected chi connectivity index (χ4v) is 2.00. The molecule has 2 rings (SSSR count). The van der Waals surface area contributed by atoms with Crippen LogP contribution in [0.2, 0.25) is 0 Å². The van der Waals surface area contributed by atoms with E-state index < -0.39 is 6.17 Å². The molecule has 0 fully saturated rings. The summed E-state index contributed by atoms with van der Waals surface area (Å²) in [5.41, 5.74) is 1.51. The quantitative estimate of drug-likeness (QED) is 0.878. The molecule has 0 bridgehead atoms. The summed E-state index contributed by atoms with van der Waals surface area (Å²) in [4.78, 5) is 0. The Bertz CT molecular complexity index is 390. The van der Waals surface area contributed by atoms with Gasteiger partial charge in [0.15, 0.2) is 11.5 Å². The zero-order valence-corrected chi connectivity index (χ0v) is 9.91. The highest BCUT2D eigenvalue weighted by molar-refractivity contribution is 5.49. The van der Waals surface area contributed by atoms with Crippen LogP contribution in [0.4, 0.5) is 4.39 Å². The number of benzene rings is 1. The number of aliphatic hydroxyl groups excluding tert-OH is 1. The Morgan fingerprint density at radius 3 is 2.53 bits per heavy atom. The molecule has 1 heterocycles. The van der Waals surface area contributed by atoms with Gasteiger partial charge >= 0.3 is 0 Å². The molecule has 17 heavy (non-hydrogen) atoms. The monoisotopic (exact) mass is 240 g/mol. The normalized spacial score (nSPS) is 15.7. The predicted molar refractivity (Wildman–Crippen MR) is 62.4 cm³/mol. The molecule has 4 heteroatoms. The van der Waals surface area contributed by atoms with Crippen molar-refractivity contribution in [2.24, 2.45) is 0 Å². The zero-order chi connectivity index (χ0) is 12.3. The molecule has 0 saturated carbocycles. The maximum absolute atomic E-state index is 13.5. The molecule has 1 unspecified atom stereocenters. The van der Waals surface area contributed by atoms with E-state index in [-0.39, 0.29) is 6.61 Å². The van der Waals surface area contributed by atoms with Gasteiger partial charge in [0.2, 0.25) is 0 Å². The first-order chi connectivity index (χ1) is 8.22. The Morgan fingerprint density at radius 1 is 1.29 bits per heavy atom. The molecule has 0 aromatic heterocycles. The summed E-state index contributed by atoms with van der Waals surface area (Å²) < 4.78 is 24.4. The molecular weight excluding hydrogens is 223 g/mol. The minimum absolute atomic E-state index is 0.106. The molecule has 0 radical (unpaired) electrons. The Kier molecular flexibility index (Phi) is 3.84. The minimum atomic E-state index is -1.04. The second kappa shape index (κ2) is 5.36. The molecule has 1 aromatic carbocycles. The average Bonchev–Trinajstić information content (AvgIpc) is 2.35. The number of hydrogen-bond acceptors (Lipinski definition) is 3. The number of alkyl halides is 1. The Hall–Kier alpha value is -1.29. The van der Waals surface area contributed by atoms with E-state index >= 15 is 0 Å². The third-order valence-electron chi connectivity index (χ3n) is 2.84. The summed E-state index contributed by atoms with van der Waals surface area (Å²) >= 11 is 0. The number of hydrogen-bond donors (Lipinski definition) is 1. The molecule has 1 aliphatic rings. The number of rotatable bonds is 4. The van der Waals surface area contributed by atoms with Gasteiger partial charge in [0, 0.05) is 6.61 Å². The highest BCUT2D eigenvalue weighted by Gasteiger charge is 2.18. The molecular formula is C13H17FO3. The smallest absolute Gasteiger partial charge is 0.161 e. The summed E-state index contributed by atoms with van der Waals surface area (Å²) in [6.45, 7) is 2.64. The van der Waals surface area contributed by atoms with Crippen molar-refractivity contribution < 1.29 is 19.0 Å². The first-order valence-electron chi connectivity index (χ1n) is 5.89. The molecule has 0 saturated heterocycles. The van der Waals surface area contributed by atoms with Crippen molar-refractivity contribution in [2.45, 2.75) is 25.9 Å². The first kappa shape index (κ1) is 12.2. The third-order valence-corrected chi connectivity index (χ3v) is 2.84. The van der Waals surface area contributed by atoms with Gasteiger partial charge in [-0.05, 0) is 43.0 Å². The second-order valence-electron chi connectivity index (χ2n) is 4.14. The first-order valence-corrected chi connectivity index (χ1v) is 5.89. The fraction of sp³-hybridized carbons (Fsp3) is 0.538. The van der Waals surface area contributed by atoms with E-state index in [0.29, 0.717) is 43.1 Å². The largest absolute Gasteiger partial charge is 0.486 e. The Morgan fingerprint density at radius 2 is 1.94 bits per heavy atom. The maximum atomic E-state index is 13.5. The number of halogens is 1. The predicted octanol–water partition coefficient (Wildman–Crippen LogP) is 2.41. The van der Waals surface area contributed by atoms with Gasteiger partial charge in [0.1, 0.15) is 19.4 Å². The topological polar surface area (TPSA) is 38.7 Å². The van der Waals surface area contributed by atoms with Crippen LogP contribution in [0, 0.1) is 0 Å². The van der Waals surface area contributed by atoms with Crippen LogP contribution >= 0.6 is 0 Å². The molecule has 1 aromatic rings. The van der Waals surface area contributed by atoms with Crippen molar-refractivity contribution in [1.82, 2.24) is 0 Å². The van der Waals surface area contributed by atoms with Gasteiger partial charge in [-0.15, -0.1) is 0 Å². The zero-order valence-electron chi connectivity index (χ0n) is 9.91. The van der Waals surface area contributed by atoms with Crippen molar-refractivity contribution in [1.29, 1.82) is 0 Å². The van der Waals surface area contributed by atoms with E-state index in [2.05, 4.69) is 0 Å². The SMILES string of the molecule is CC(F)c1cc2c(cc1CCCO)OCCO2. The second-order valence-corrected chi connectivity index (χ2v) is 4.14. The number of ether oxygens (including phenoxy) is 2. The van der Waals surface area contributed by atoms with Crippen LogP contribution in [0.1, 0.15) is 30.6 Å². The van der Waals surface area contributed by atoms with Crippen LogP contribution in [-0.2, 0) is 6.42 Å². The van der Waals surface area contributed by atoms with Crippen LogP contribution < -0.4 is 9.47 Å². The van der Waals surface area contributed by atoms with Crippen molar-refractivity contribution in [3.63, 3.8) is 0 Å². The molecule has 0 spiro atoms. The lowest BCUT2D eigenvalue weighted by Gasteiger charge is -2.21. The van der Waals surface area contributed by atoms with Gasteiger partial charge in [-0.25, -0.2) is 4.39 Å². The number of aryl methyl sites for hydroxylation is 1. The third kappa shape index (κ3) is 2.69. The summed E-state index contributed by atoms with van der Waals surface area (Å²) in [6, 6.07) is 3.54. The summed E-state index contributed by atoms with van der Waals surface area (Å²) in [5.74, 6) is 1.29. The molecule has 0 amide bonds. The van der Waals surface area contributed by atoms with Crippen LogP contribution in [0.25, 0.3) is 0 Å². The molecule has 1 atom stereocenters. The van der Waals surface area contributed by atoms with Crippen molar-refractivity contribution in [3.8, 4) is 11.5 Å². The van der Waals surface area contributed by atoms with Crippen molar-refractivity contribution >= 4 is 0 Å². The van der Waals surface area contributed by atoms with Gasteiger partial charge in [-0.2, -0.15) is 0 Å². The van der Waals surface area contributed by atoms with Gasteiger partial charge in [-0.1, -0.05) is 0 Å². The van der Waals surface area contributed by atoms with Gasteiger partial charge in [-0.3, -0.25) is 0 Å². The molecule has 94 valence electrons. The minimum Gasteiger partial charge on any atom is -0.486 e.